The van der Waals surface area contributed by atoms with Crippen LogP contribution < -0.4 is 5.73 Å². The molecule has 1 rings (SSSR count). The second-order valence-electron chi connectivity index (χ2n) is 4.17. The van der Waals surface area contributed by atoms with Crippen molar-refractivity contribution in [2.75, 3.05) is 6.61 Å². The zero-order chi connectivity index (χ0) is 13.2. The first kappa shape index (κ1) is 14.5. The van der Waals surface area contributed by atoms with Gasteiger partial charge >= 0.3 is 6.09 Å². The van der Waals surface area contributed by atoms with Gasteiger partial charge in [-0.3, -0.25) is 0 Å². The Morgan fingerprint density at radius 1 is 1.22 bits per heavy atom. The number of carbonyl (C=O) groups excluding carboxylic acids is 1. The van der Waals surface area contributed by atoms with Gasteiger partial charge < -0.3 is 15.2 Å². The summed E-state index contributed by atoms with van der Waals surface area (Å²) in [7, 11) is 0. The number of ether oxygens (including phenoxy) is 2. The van der Waals surface area contributed by atoms with Crippen LogP contribution in [0.3, 0.4) is 0 Å². The normalized spacial score (nSPS) is 12.1. The van der Waals surface area contributed by atoms with E-state index in [1.165, 1.54) is 5.56 Å². The predicted octanol–water partition coefficient (Wildman–Crippen LogP) is 2.86. The van der Waals surface area contributed by atoms with Gasteiger partial charge in [0.05, 0.1) is 6.61 Å². The van der Waals surface area contributed by atoms with Gasteiger partial charge in [0.1, 0.15) is 0 Å². The van der Waals surface area contributed by atoms with E-state index in [1.54, 1.807) is 6.92 Å². The van der Waals surface area contributed by atoms with Crippen LogP contribution in [0.5, 0.6) is 0 Å². The molecule has 0 saturated heterocycles. The van der Waals surface area contributed by atoms with E-state index < -0.39 is 12.4 Å². The van der Waals surface area contributed by atoms with Gasteiger partial charge in [0.15, 0.2) is 0 Å². The van der Waals surface area contributed by atoms with Crippen molar-refractivity contribution in [3.8, 4) is 0 Å². The first-order chi connectivity index (χ1) is 8.68. The Morgan fingerprint density at radius 3 is 2.61 bits per heavy atom. The molecule has 0 heterocycles. The monoisotopic (exact) mass is 251 g/mol. The number of nitrogens with two attached hydrogens (primary N) is 1. The van der Waals surface area contributed by atoms with Crippen LogP contribution in [-0.4, -0.2) is 19.0 Å². The zero-order valence-corrected chi connectivity index (χ0v) is 10.8. The standard InChI is InChI=1S/C14H21NO3/c1-12(18-14(15)16)17-11-7-3-6-10-13-8-4-2-5-9-13/h2,4-5,8-9,12H,3,6-7,10-11H2,1H3,(H2,15,16). The molecule has 0 aromatic heterocycles. The molecule has 100 valence electrons. The van der Waals surface area contributed by atoms with E-state index >= 15 is 0 Å². The third-order valence-electron chi connectivity index (χ3n) is 2.59. The Hall–Kier alpha value is -1.55. The van der Waals surface area contributed by atoms with E-state index in [4.69, 9.17) is 10.5 Å². The molecule has 1 atom stereocenters. The molecule has 0 aliphatic carbocycles. The quantitative estimate of drug-likeness (QED) is 0.571. The molecule has 0 aliphatic rings. The molecule has 0 radical (unpaired) electrons. The van der Waals surface area contributed by atoms with Gasteiger partial charge in [-0.2, -0.15) is 0 Å². The summed E-state index contributed by atoms with van der Waals surface area (Å²) in [6, 6.07) is 10.4. The largest absolute Gasteiger partial charge is 0.420 e. The van der Waals surface area contributed by atoms with Crippen molar-refractivity contribution in [1.82, 2.24) is 0 Å². The smallest absolute Gasteiger partial charge is 0.406 e. The minimum Gasteiger partial charge on any atom is -0.420 e. The van der Waals surface area contributed by atoms with Crippen LogP contribution in [0.1, 0.15) is 31.7 Å². The van der Waals surface area contributed by atoms with Crippen molar-refractivity contribution < 1.29 is 14.3 Å². The number of rotatable bonds is 8. The van der Waals surface area contributed by atoms with Crippen LogP contribution in [0.4, 0.5) is 4.79 Å². The Balaban J connectivity index is 1.97. The SMILES string of the molecule is CC(OCCCCCc1ccccc1)OC(N)=O. The van der Waals surface area contributed by atoms with Gasteiger partial charge in [-0.1, -0.05) is 36.8 Å². The summed E-state index contributed by atoms with van der Waals surface area (Å²) in [5, 5.41) is 0. The van der Waals surface area contributed by atoms with Crippen LogP contribution in [0.25, 0.3) is 0 Å². The number of primary amides is 1. The van der Waals surface area contributed by atoms with E-state index in [-0.39, 0.29) is 0 Å². The van der Waals surface area contributed by atoms with Crippen molar-refractivity contribution in [3.05, 3.63) is 35.9 Å². The summed E-state index contributed by atoms with van der Waals surface area (Å²) in [6.07, 6.45) is 2.92. The summed E-state index contributed by atoms with van der Waals surface area (Å²) in [4.78, 5) is 10.4. The Bertz CT molecular complexity index is 340. The molecule has 1 aromatic rings. The topological polar surface area (TPSA) is 61.6 Å². The number of aryl methyl sites for hydroxylation is 1. The van der Waals surface area contributed by atoms with Crippen LogP contribution >= 0.6 is 0 Å². The lowest BCUT2D eigenvalue weighted by atomic mass is 10.1. The first-order valence-electron chi connectivity index (χ1n) is 6.30. The van der Waals surface area contributed by atoms with Gasteiger partial charge in [0.25, 0.3) is 0 Å². The summed E-state index contributed by atoms with van der Waals surface area (Å²) in [6.45, 7) is 2.25. The number of benzene rings is 1. The maximum absolute atomic E-state index is 10.4. The van der Waals surface area contributed by atoms with E-state index in [1.807, 2.05) is 6.07 Å². The Morgan fingerprint density at radius 2 is 1.94 bits per heavy atom. The van der Waals surface area contributed by atoms with Gasteiger partial charge in [0, 0.05) is 0 Å². The van der Waals surface area contributed by atoms with Gasteiger partial charge in [-0.15, -0.1) is 0 Å². The number of carbonyl (C=O) groups is 1. The van der Waals surface area contributed by atoms with Gasteiger partial charge in [-0.25, -0.2) is 4.79 Å². The van der Waals surface area contributed by atoms with E-state index in [0.717, 1.165) is 25.7 Å². The maximum atomic E-state index is 10.4. The van der Waals surface area contributed by atoms with Crippen molar-refractivity contribution in [2.45, 2.75) is 38.9 Å². The second kappa shape index (κ2) is 8.53. The van der Waals surface area contributed by atoms with Crippen LogP contribution in [0.2, 0.25) is 0 Å². The molecule has 4 heteroatoms. The van der Waals surface area contributed by atoms with Gasteiger partial charge in [0.2, 0.25) is 6.29 Å². The summed E-state index contributed by atoms with van der Waals surface area (Å²) in [5.41, 5.74) is 6.23. The van der Waals surface area contributed by atoms with Crippen LogP contribution in [-0.2, 0) is 15.9 Å². The summed E-state index contributed by atoms with van der Waals surface area (Å²) in [5.74, 6) is 0. The van der Waals surface area contributed by atoms with Crippen molar-refractivity contribution in [1.29, 1.82) is 0 Å². The number of amides is 1. The molecule has 1 amide bonds. The van der Waals surface area contributed by atoms with Crippen molar-refractivity contribution in [2.24, 2.45) is 5.73 Å². The van der Waals surface area contributed by atoms with E-state index in [9.17, 15) is 4.79 Å². The molecule has 0 spiro atoms. The fourth-order valence-corrected chi connectivity index (χ4v) is 1.70. The average Bonchev–Trinajstić information content (AvgIpc) is 2.34. The van der Waals surface area contributed by atoms with Crippen LogP contribution in [0.15, 0.2) is 30.3 Å². The molecule has 0 saturated carbocycles. The average molecular weight is 251 g/mol. The lowest BCUT2D eigenvalue weighted by molar-refractivity contribution is -0.0894. The maximum Gasteiger partial charge on any atom is 0.406 e. The molecule has 4 nitrogen and oxygen atoms in total. The molecule has 2 N–H and O–H groups in total. The fraction of sp³-hybridized carbons (Fsp3) is 0.500. The van der Waals surface area contributed by atoms with E-state index in [0.29, 0.717) is 6.61 Å². The fourth-order valence-electron chi connectivity index (χ4n) is 1.70. The van der Waals surface area contributed by atoms with Crippen LogP contribution in [0, 0.1) is 0 Å². The zero-order valence-electron chi connectivity index (χ0n) is 10.8. The highest BCUT2D eigenvalue weighted by molar-refractivity contribution is 5.64. The minimum absolute atomic E-state index is 0.559. The Labute approximate surface area is 108 Å². The predicted molar refractivity (Wildman–Crippen MR) is 70.1 cm³/mol. The van der Waals surface area contributed by atoms with Crippen molar-refractivity contribution >= 4 is 6.09 Å². The molecule has 1 unspecified atom stereocenters. The lowest BCUT2D eigenvalue weighted by Gasteiger charge is -2.12. The number of unbranched alkanes of at least 4 members (excludes halogenated alkanes) is 2. The third kappa shape index (κ3) is 6.91. The summed E-state index contributed by atoms with van der Waals surface area (Å²) < 4.78 is 9.92. The summed E-state index contributed by atoms with van der Waals surface area (Å²) >= 11 is 0. The highest BCUT2D eigenvalue weighted by Gasteiger charge is 2.04. The van der Waals surface area contributed by atoms with Crippen molar-refractivity contribution in [3.63, 3.8) is 0 Å². The second-order valence-corrected chi connectivity index (χ2v) is 4.17. The molecule has 18 heavy (non-hydrogen) atoms. The first-order valence-corrected chi connectivity index (χ1v) is 6.30. The van der Waals surface area contributed by atoms with Gasteiger partial charge in [-0.05, 0) is 31.7 Å². The molecule has 0 aliphatic heterocycles. The molecule has 0 bridgehead atoms. The molecule has 0 fully saturated rings. The highest BCUT2D eigenvalue weighted by atomic mass is 16.7. The highest BCUT2D eigenvalue weighted by Crippen LogP contribution is 2.06. The number of hydrogen-bond acceptors (Lipinski definition) is 3. The molecule has 1 aromatic carbocycles. The molecular formula is C14H21NO3. The Kier molecular flexibility index (Phi) is 6.87. The molecular weight excluding hydrogens is 230 g/mol. The number of hydrogen-bond donors (Lipinski definition) is 1. The lowest BCUT2D eigenvalue weighted by Crippen LogP contribution is -2.22. The minimum atomic E-state index is -0.799. The third-order valence-corrected chi connectivity index (χ3v) is 2.59. The van der Waals surface area contributed by atoms with E-state index in [2.05, 4.69) is 29.0 Å².